The molecule has 0 amide bonds. The first-order valence-electron chi connectivity index (χ1n) is 16.8. The number of rotatable bonds is 7. The van der Waals surface area contributed by atoms with Gasteiger partial charge in [-0.05, 0) is 37.1 Å². The maximum atomic E-state index is 15.6. The Hall–Kier alpha value is -2.27. The number of ether oxygens (including phenoxy) is 7. The van der Waals surface area contributed by atoms with E-state index in [4.69, 9.17) is 103 Å². The Bertz CT molecular complexity index is 1740. The first-order chi connectivity index (χ1) is 25.3. The quantitative estimate of drug-likeness (QED) is 0.137. The number of halogens is 6. The molecule has 1 aromatic rings. The molecule has 0 spiro atoms. The van der Waals surface area contributed by atoms with Crippen LogP contribution in [-0.4, -0.2) is 109 Å². The van der Waals surface area contributed by atoms with Crippen LogP contribution in [-0.2, 0) is 42.7 Å². The Morgan fingerprint density at radius 2 is 1.47 bits per heavy atom. The molecule has 1 aromatic carbocycles. The van der Waals surface area contributed by atoms with Gasteiger partial charge in [0.2, 0.25) is 7.59 Å². The van der Waals surface area contributed by atoms with Crippen LogP contribution in [0.3, 0.4) is 0 Å². The number of aliphatic hydroxyl groups excluding tert-OH is 1. The van der Waals surface area contributed by atoms with Crippen LogP contribution in [0.4, 0.5) is 9.59 Å². The highest BCUT2D eigenvalue weighted by molar-refractivity contribution is 6.68. The Kier molecular flexibility index (Phi) is 12.3. The van der Waals surface area contributed by atoms with Crippen LogP contribution in [0.5, 0.6) is 0 Å². The van der Waals surface area contributed by atoms with E-state index in [2.05, 4.69) is 0 Å². The number of benzene rings is 1. The molecular formula is C35H38Cl6O14. The molecule has 4 aliphatic rings. The highest BCUT2D eigenvalue weighted by Crippen LogP contribution is 2.64. The third-order valence-electron chi connectivity index (χ3n) is 11.1. The summed E-state index contributed by atoms with van der Waals surface area (Å²) in [7, 11) is 0. The molecule has 2 N–H and O–H groups in total. The molecule has 1 heterocycles. The number of hydrogen-bond acceptors (Lipinski definition) is 14. The normalized spacial score (nSPS) is 34.0. The number of carbonyl (C=O) groups excluding carboxylic acids is 5. The van der Waals surface area contributed by atoms with E-state index in [1.165, 1.54) is 39.8 Å². The number of hydrogen-bond donors (Lipinski definition) is 2. The Labute approximate surface area is 345 Å². The monoisotopic (exact) mass is 892 g/mol. The minimum absolute atomic E-state index is 0.0436. The predicted octanol–water partition coefficient (Wildman–Crippen LogP) is 6.14. The van der Waals surface area contributed by atoms with Gasteiger partial charge in [-0.1, -0.05) is 102 Å². The third-order valence-corrected chi connectivity index (χ3v) is 11.7. The number of Topliss-reactive ketones (excluding diaryl/α,β-unsaturated/α-hetero) is 1. The zero-order chi connectivity index (χ0) is 41.1. The molecule has 0 aromatic heterocycles. The molecular weight excluding hydrogens is 857 g/mol. The molecule has 2 saturated carbocycles. The van der Waals surface area contributed by atoms with Crippen molar-refractivity contribution < 1.29 is 67.3 Å². The van der Waals surface area contributed by atoms with Crippen molar-refractivity contribution in [3.8, 4) is 0 Å². The van der Waals surface area contributed by atoms with Crippen LogP contribution in [0.1, 0.15) is 57.8 Å². The average Bonchev–Trinajstić information content (AvgIpc) is 3.07. The van der Waals surface area contributed by atoms with Crippen LogP contribution in [0.25, 0.3) is 0 Å². The van der Waals surface area contributed by atoms with Crippen molar-refractivity contribution in [2.75, 3.05) is 19.8 Å². The second-order valence-electron chi connectivity index (χ2n) is 14.7. The number of aliphatic hydroxyl groups is 2. The predicted molar refractivity (Wildman–Crippen MR) is 196 cm³/mol. The van der Waals surface area contributed by atoms with Crippen LogP contribution in [0, 0.1) is 16.7 Å². The molecule has 14 nitrogen and oxygen atoms in total. The Morgan fingerprint density at radius 1 is 0.909 bits per heavy atom. The maximum Gasteiger partial charge on any atom is 0.509 e. The smallest absolute Gasteiger partial charge is 0.455 e. The van der Waals surface area contributed by atoms with Gasteiger partial charge in [-0.3, -0.25) is 9.59 Å². The Morgan fingerprint density at radius 3 is 1.98 bits per heavy atom. The fraction of sp³-hybridized carbons (Fsp3) is 0.629. The van der Waals surface area contributed by atoms with Crippen molar-refractivity contribution in [1.29, 1.82) is 0 Å². The number of fused-ring (bicyclic) bond motifs is 5. The SMILES string of the molecule is CC(=O)O[C@@]12CO[C@H]1C[C@H](OC(=O)OCC(Cl)(Cl)Cl)[C@@]1(C)C(=O)[C@H](OC(=O)OCC(Cl)(Cl)Cl)C3=C(C)[C@@H](O)C[C@@](O)([C@@H](OC(=O)c4ccccc4)[C@H]21)C3(C)C. The van der Waals surface area contributed by atoms with Gasteiger partial charge in [-0.25, -0.2) is 14.4 Å². The van der Waals surface area contributed by atoms with Gasteiger partial charge in [0.25, 0.3) is 0 Å². The minimum atomic E-state index is -2.37. The van der Waals surface area contributed by atoms with E-state index in [0.717, 1.165) is 6.92 Å². The summed E-state index contributed by atoms with van der Waals surface area (Å²) in [4.78, 5) is 69.2. The summed E-state index contributed by atoms with van der Waals surface area (Å²) in [6, 6.07) is 7.71. The zero-order valence-electron chi connectivity index (χ0n) is 29.9. The van der Waals surface area contributed by atoms with E-state index >= 15 is 4.79 Å². The molecule has 3 fully saturated rings. The Balaban J connectivity index is 1.80. The fourth-order valence-electron chi connectivity index (χ4n) is 8.45. The highest BCUT2D eigenvalue weighted by Gasteiger charge is 2.79. The van der Waals surface area contributed by atoms with E-state index in [-0.39, 0.29) is 29.7 Å². The van der Waals surface area contributed by atoms with Gasteiger partial charge in [0.1, 0.15) is 37.1 Å². The molecule has 304 valence electrons. The first-order valence-corrected chi connectivity index (χ1v) is 19.1. The van der Waals surface area contributed by atoms with E-state index in [9.17, 15) is 29.4 Å². The molecule has 1 aliphatic heterocycles. The van der Waals surface area contributed by atoms with Gasteiger partial charge in [-0.15, -0.1) is 0 Å². The van der Waals surface area contributed by atoms with Crippen molar-refractivity contribution in [2.45, 2.75) is 96.8 Å². The summed E-state index contributed by atoms with van der Waals surface area (Å²) in [5, 5.41) is 24.8. The molecule has 0 radical (unpaired) electrons. The standard InChI is InChI=1S/C35H38Cl6O14/c1-16-19(43)12-33(48)26(54-27(45)18-9-7-6-8-10-18)24-31(5,25(44)23(22(16)30(33,3)4)53-29(47)51-15-35(39,40)41)20(52-28(46)50-14-34(36,37)38)11-21-32(24,13-49-21)55-17(2)42/h6-10,19-21,23-24,26,43,48H,11-15H2,1-5H3/t19-,20-,21-,23+,24-,26-,31+,32-,33+/m0/s1. The third kappa shape index (κ3) is 8.22. The molecule has 20 heteroatoms. The molecule has 9 atom stereocenters. The summed E-state index contributed by atoms with van der Waals surface area (Å²) < 4.78 is 35.6. The van der Waals surface area contributed by atoms with Crippen LogP contribution in [0.2, 0.25) is 0 Å². The lowest BCUT2D eigenvalue weighted by atomic mass is 9.44. The van der Waals surface area contributed by atoms with Crippen molar-refractivity contribution in [3.05, 3.63) is 47.0 Å². The van der Waals surface area contributed by atoms with Crippen LogP contribution in [0.15, 0.2) is 41.5 Å². The van der Waals surface area contributed by atoms with Gasteiger partial charge in [-0.2, -0.15) is 0 Å². The van der Waals surface area contributed by atoms with E-state index in [1.54, 1.807) is 18.2 Å². The zero-order valence-corrected chi connectivity index (χ0v) is 34.5. The van der Waals surface area contributed by atoms with E-state index < -0.39 is 116 Å². The van der Waals surface area contributed by atoms with Gasteiger partial charge in [0, 0.05) is 25.2 Å². The fourth-order valence-corrected chi connectivity index (χ4v) is 8.78. The topological polar surface area (TPSA) is 190 Å². The van der Waals surface area contributed by atoms with Crippen molar-refractivity contribution in [1.82, 2.24) is 0 Å². The largest absolute Gasteiger partial charge is 0.509 e. The lowest BCUT2D eigenvalue weighted by Crippen LogP contribution is -2.82. The van der Waals surface area contributed by atoms with Gasteiger partial charge < -0.3 is 43.4 Å². The lowest BCUT2D eigenvalue weighted by molar-refractivity contribution is -0.346. The summed E-state index contributed by atoms with van der Waals surface area (Å²) in [6.07, 6.45) is -11.9. The summed E-state index contributed by atoms with van der Waals surface area (Å²) in [5.74, 6) is -4.48. The molecule has 55 heavy (non-hydrogen) atoms. The summed E-state index contributed by atoms with van der Waals surface area (Å²) >= 11 is 34.7. The number of ketones is 1. The van der Waals surface area contributed by atoms with Gasteiger partial charge in [0.15, 0.2) is 17.5 Å². The van der Waals surface area contributed by atoms with E-state index in [0.29, 0.717) is 0 Å². The molecule has 3 aliphatic carbocycles. The molecule has 5 rings (SSSR count). The first kappa shape index (κ1) is 43.8. The summed E-state index contributed by atoms with van der Waals surface area (Å²) in [5.41, 5.74) is -8.11. The number of carbonyl (C=O) groups is 5. The van der Waals surface area contributed by atoms with E-state index in [1.807, 2.05) is 0 Å². The van der Waals surface area contributed by atoms with Crippen molar-refractivity contribution in [2.24, 2.45) is 16.7 Å². The van der Waals surface area contributed by atoms with Crippen LogP contribution >= 0.6 is 69.6 Å². The molecule has 0 unspecified atom stereocenters. The molecule has 2 bridgehead atoms. The number of alkyl halides is 6. The molecule has 1 saturated heterocycles. The average molecular weight is 895 g/mol. The second kappa shape index (κ2) is 15.5. The van der Waals surface area contributed by atoms with Crippen LogP contribution < -0.4 is 0 Å². The second-order valence-corrected chi connectivity index (χ2v) is 19.7. The maximum absolute atomic E-state index is 15.6. The summed E-state index contributed by atoms with van der Waals surface area (Å²) in [6.45, 7) is 4.91. The number of esters is 2. The van der Waals surface area contributed by atoms with Gasteiger partial charge in [0.05, 0.1) is 29.6 Å². The van der Waals surface area contributed by atoms with Crippen molar-refractivity contribution >= 4 is 99.6 Å². The minimum Gasteiger partial charge on any atom is -0.455 e. The lowest BCUT2D eigenvalue weighted by Gasteiger charge is -2.67. The van der Waals surface area contributed by atoms with Crippen molar-refractivity contribution in [3.63, 3.8) is 0 Å². The van der Waals surface area contributed by atoms with Gasteiger partial charge >= 0.3 is 24.2 Å². The highest BCUT2D eigenvalue weighted by atomic mass is 35.6.